The lowest BCUT2D eigenvalue weighted by molar-refractivity contribution is 0.0445. The lowest BCUT2D eigenvalue weighted by Gasteiger charge is -2.15. The summed E-state index contributed by atoms with van der Waals surface area (Å²) in [7, 11) is 0. The topological polar surface area (TPSA) is 42.0 Å². The van der Waals surface area contributed by atoms with Gasteiger partial charge in [0.2, 0.25) is 0 Å². The molecule has 2 fully saturated rings. The Bertz CT molecular complexity index is 484. The van der Waals surface area contributed by atoms with Crippen molar-refractivity contribution in [3.05, 3.63) is 11.8 Å². The normalized spacial score (nSPS) is 31.6. The van der Waals surface area contributed by atoms with E-state index in [-0.39, 0.29) is 18.8 Å². The van der Waals surface area contributed by atoms with Gasteiger partial charge < -0.3 is 14.6 Å². The SMILES string of the molecule is CC#CC#CC#CC=C1OCC(O)C2OC12. The molecule has 2 aliphatic heterocycles. The van der Waals surface area contributed by atoms with Gasteiger partial charge in [-0.2, -0.15) is 0 Å². The van der Waals surface area contributed by atoms with Crippen LogP contribution in [0.3, 0.4) is 0 Å². The Hall–Kier alpha value is -1.86. The molecule has 3 unspecified atom stereocenters. The fraction of sp³-hybridized carbons (Fsp3) is 0.385. The summed E-state index contributed by atoms with van der Waals surface area (Å²) >= 11 is 0. The molecule has 2 aliphatic rings. The first-order valence-electron chi connectivity index (χ1n) is 4.91. The summed E-state index contributed by atoms with van der Waals surface area (Å²) in [4.78, 5) is 0. The van der Waals surface area contributed by atoms with Crippen molar-refractivity contribution >= 4 is 0 Å². The Morgan fingerprint density at radius 3 is 2.94 bits per heavy atom. The van der Waals surface area contributed by atoms with Crippen molar-refractivity contribution in [3.63, 3.8) is 0 Å². The number of epoxide rings is 1. The molecule has 0 aromatic heterocycles. The predicted molar refractivity (Wildman–Crippen MR) is 57.7 cm³/mol. The van der Waals surface area contributed by atoms with Crippen molar-refractivity contribution in [1.29, 1.82) is 0 Å². The summed E-state index contributed by atoms with van der Waals surface area (Å²) < 4.78 is 10.5. The molecule has 3 atom stereocenters. The van der Waals surface area contributed by atoms with Gasteiger partial charge in [-0.3, -0.25) is 0 Å². The fourth-order valence-electron chi connectivity index (χ4n) is 1.40. The summed E-state index contributed by atoms with van der Waals surface area (Å²) in [5.74, 6) is 16.4. The first-order valence-corrected chi connectivity index (χ1v) is 4.91. The summed E-state index contributed by atoms with van der Waals surface area (Å²) in [6, 6.07) is 0. The van der Waals surface area contributed by atoms with E-state index in [1.54, 1.807) is 13.0 Å². The van der Waals surface area contributed by atoms with Crippen molar-refractivity contribution in [2.24, 2.45) is 0 Å². The predicted octanol–water partition coefficient (Wildman–Crippen LogP) is 0.0589. The van der Waals surface area contributed by atoms with Gasteiger partial charge >= 0.3 is 0 Å². The lowest BCUT2D eigenvalue weighted by atomic mass is 10.1. The zero-order chi connectivity index (χ0) is 11.4. The summed E-state index contributed by atoms with van der Waals surface area (Å²) in [6.07, 6.45) is 0.875. The maximum absolute atomic E-state index is 9.36. The largest absolute Gasteiger partial charge is 0.492 e. The molecule has 16 heavy (non-hydrogen) atoms. The van der Waals surface area contributed by atoms with Crippen molar-refractivity contribution in [3.8, 4) is 35.5 Å². The van der Waals surface area contributed by atoms with E-state index in [0.717, 1.165) is 0 Å². The van der Waals surface area contributed by atoms with Crippen molar-refractivity contribution < 1.29 is 14.6 Å². The fourth-order valence-corrected chi connectivity index (χ4v) is 1.40. The molecule has 2 rings (SSSR count). The average Bonchev–Trinajstić information content (AvgIpc) is 3.07. The standard InChI is InChI=1S/C13H10O3/c1-2-3-4-5-6-7-8-11-13-12(16-13)10(14)9-15-11/h8,10,12-14H,9H2,1H3. The zero-order valence-electron chi connectivity index (χ0n) is 8.78. The summed E-state index contributed by atoms with van der Waals surface area (Å²) in [5.41, 5.74) is 0. The van der Waals surface area contributed by atoms with E-state index in [9.17, 15) is 5.11 Å². The van der Waals surface area contributed by atoms with Gasteiger partial charge in [0.05, 0.1) is 0 Å². The van der Waals surface area contributed by atoms with E-state index in [1.165, 1.54) is 0 Å². The lowest BCUT2D eigenvalue weighted by Crippen LogP contribution is -2.29. The molecule has 0 saturated carbocycles. The minimum atomic E-state index is -0.519. The Morgan fingerprint density at radius 1 is 1.31 bits per heavy atom. The maximum Gasteiger partial charge on any atom is 0.145 e. The highest BCUT2D eigenvalue weighted by Crippen LogP contribution is 2.36. The van der Waals surface area contributed by atoms with E-state index >= 15 is 0 Å². The van der Waals surface area contributed by atoms with Crippen LogP contribution in [-0.2, 0) is 9.47 Å². The van der Waals surface area contributed by atoms with Crippen LogP contribution in [0, 0.1) is 35.5 Å². The van der Waals surface area contributed by atoms with Gasteiger partial charge in [-0.25, -0.2) is 0 Å². The van der Waals surface area contributed by atoms with Crippen LogP contribution in [-0.4, -0.2) is 30.0 Å². The first-order chi connectivity index (χ1) is 7.83. The van der Waals surface area contributed by atoms with Crippen molar-refractivity contribution in [2.75, 3.05) is 6.61 Å². The number of allylic oxidation sites excluding steroid dienone is 1. The van der Waals surface area contributed by atoms with E-state index in [4.69, 9.17) is 9.47 Å². The molecule has 2 saturated heterocycles. The summed E-state index contributed by atoms with van der Waals surface area (Å²) in [6.45, 7) is 1.98. The smallest absolute Gasteiger partial charge is 0.145 e. The molecule has 0 spiro atoms. The van der Waals surface area contributed by atoms with Crippen LogP contribution in [0.25, 0.3) is 0 Å². The molecule has 1 N–H and O–H groups in total. The van der Waals surface area contributed by atoms with E-state index in [0.29, 0.717) is 5.76 Å². The molecule has 80 valence electrons. The van der Waals surface area contributed by atoms with E-state index in [1.807, 2.05) is 0 Å². The molecule has 0 aromatic carbocycles. The number of rotatable bonds is 0. The van der Waals surface area contributed by atoms with Gasteiger partial charge in [-0.15, -0.1) is 0 Å². The highest BCUT2D eigenvalue weighted by molar-refractivity contribution is 5.38. The van der Waals surface area contributed by atoms with Gasteiger partial charge in [0.25, 0.3) is 0 Å². The molecule has 0 radical (unpaired) electrons. The van der Waals surface area contributed by atoms with Gasteiger partial charge in [0, 0.05) is 6.08 Å². The highest BCUT2D eigenvalue weighted by atomic mass is 16.6. The molecule has 0 amide bonds. The number of fused-ring (bicyclic) bond motifs is 1. The first kappa shape index (κ1) is 10.7. The third-order valence-corrected chi connectivity index (χ3v) is 2.21. The van der Waals surface area contributed by atoms with Gasteiger partial charge in [0.15, 0.2) is 0 Å². The third-order valence-electron chi connectivity index (χ3n) is 2.21. The van der Waals surface area contributed by atoms with Crippen LogP contribution >= 0.6 is 0 Å². The molecule has 0 bridgehead atoms. The van der Waals surface area contributed by atoms with Crippen molar-refractivity contribution in [2.45, 2.75) is 25.2 Å². The van der Waals surface area contributed by atoms with E-state index in [2.05, 4.69) is 35.5 Å². The zero-order valence-corrected chi connectivity index (χ0v) is 8.78. The van der Waals surface area contributed by atoms with Crippen LogP contribution < -0.4 is 0 Å². The third kappa shape index (κ3) is 2.38. The second-order valence-electron chi connectivity index (χ2n) is 3.34. The highest BCUT2D eigenvalue weighted by Gasteiger charge is 2.51. The Balaban J connectivity index is 1.94. The monoisotopic (exact) mass is 214 g/mol. The molecular weight excluding hydrogens is 204 g/mol. The van der Waals surface area contributed by atoms with E-state index < -0.39 is 6.10 Å². The molecule has 3 nitrogen and oxygen atoms in total. The van der Waals surface area contributed by atoms with Crippen molar-refractivity contribution in [1.82, 2.24) is 0 Å². The molecule has 2 heterocycles. The number of ether oxygens (including phenoxy) is 2. The Kier molecular flexibility index (Phi) is 3.18. The quantitative estimate of drug-likeness (QED) is 0.458. The maximum atomic E-state index is 9.36. The number of hydrogen-bond donors (Lipinski definition) is 1. The molecular formula is C13H10O3. The summed E-state index contributed by atoms with van der Waals surface area (Å²) in [5, 5.41) is 9.36. The van der Waals surface area contributed by atoms with Crippen LogP contribution in [0.4, 0.5) is 0 Å². The Morgan fingerprint density at radius 2 is 2.12 bits per heavy atom. The number of aliphatic hydroxyl groups excluding tert-OH is 1. The minimum absolute atomic E-state index is 0.112. The van der Waals surface area contributed by atoms with Crippen LogP contribution in [0.5, 0.6) is 0 Å². The number of aliphatic hydroxyl groups is 1. The molecule has 0 aliphatic carbocycles. The number of hydrogen-bond acceptors (Lipinski definition) is 3. The average molecular weight is 214 g/mol. The van der Waals surface area contributed by atoms with Crippen LogP contribution in [0.2, 0.25) is 0 Å². The van der Waals surface area contributed by atoms with Crippen LogP contribution in [0.1, 0.15) is 6.92 Å². The van der Waals surface area contributed by atoms with Gasteiger partial charge in [0.1, 0.15) is 30.7 Å². The molecule has 3 heteroatoms. The van der Waals surface area contributed by atoms with Gasteiger partial charge in [-0.05, 0) is 30.6 Å². The minimum Gasteiger partial charge on any atom is -0.492 e. The second-order valence-corrected chi connectivity index (χ2v) is 3.34. The Labute approximate surface area is 94.4 Å². The van der Waals surface area contributed by atoms with Crippen LogP contribution in [0.15, 0.2) is 11.8 Å². The second kappa shape index (κ2) is 4.77. The van der Waals surface area contributed by atoms with Gasteiger partial charge in [-0.1, -0.05) is 11.8 Å². The molecule has 0 aromatic rings.